The Morgan fingerprint density at radius 2 is 2.33 bits per heavy atom. The number of rotatable bonds is 3. The van der Waals surface area contributed by atoms with Crippen molar-refractivity contribution in [3.05, 3.63) is 21.4 Å². The van der Waals surface area contributed by atoms with Gasteiger partial charge in [-0.25, -0.2) is 4.79 Å². The Balaban J connectivity index is 2.03. The zero-order valence-corrected chi connectivity index (χ0v) is 11.5. The first-order valence-electron chi connectivity index (χ1n) is 6.20. The highest BCUT2D eigenvalue weighted by atomic mass is 32.1. The lowest BCUT2D eigenvalue weighted by atomic mass is 9.96. The van der Waals surface area contributed by atoms with Crippen molar-refractivity contribution in [3.63, 3.8) is 0 Å². The number of likely N-dealkylation sites (tertiary alicyclic amines) is 1. The maximum Gasteiger partial charge on any atom is 0.345 e. The van der Waals surface area contributed by atoms with Gasteiger partial charge in [0.1, 0.15) is 4.88 Å². The highest BCUT2D eigenvalue weighted by molar-refractivity contribution is 7.14. The number of aromatic carboxylic acids is 1. The molecule has 1 aliphatic rings. The number of carbonyl (C=O) groups is 1. The highest BCUT2D eigenvalue weighted by Gasteiger charge is 2.25. The zero-order chi connectivity index (χ0) is 13.3. The summed E-state index contributed by atoms with van der Waals surface area (Å²) >= 11 is 1.32. The first kappa shape index (κ1) is 13.5. The summed E-state index contributed by atoms with van der Waals surface area (Å²) in [6.07, 6.45) is 0.729. The Hall–Kier alpha value is -0.910. The molecule has 18 heavy (non-hydrogen) atoms. The topological polar surface area (TPSA) is 60.8 Å². The van der Waals surface area contributed by atoms with E-state index in [2.05, 4.69) is 11.8 Å². The van der Waals surface area contributed by atoms with Crippen LogP contribution in [-0.4, -0.2) is 40.3 Å². The molecule has 0 saturated carbocycles. The molecule has 2 unspecified atom stereocenters. The van der Waals surface area contributed by atoms with E-state index in [0.717, 1.165) is 30.0 Å². The number of nitrogens with zero attached hydrogens (tertiary/aromatic N) is 1. The molecule has 2 rings (SSSR count). The molecule has 0 spiro atoms. The molecule has 0 radical (unpaired) electrons. The van der Waals surface area contributed by atoms with Crippen molar-refractivity contribution in [2.45, 2.75) is 32.9 Å². The summed E-state index contributed by atoms with van der Waals surface area (Å²) in [5, 5.41) is 18.8. The van der Waals surface area contributed by atoms with Crippen LogP contribution in [-0.2, 0) is 6.54 Å². The van der Waals surface area contributed by atoms with Crippen molar-refractivity contribution in [2.75, 3.05) is 13.1 Å². The van der Waals surface area contributed by atoms with Crippen molar-refractivity contribution in [1.82, 2.24) is 4.90 Å². The van der Waals surface area contributed by atoms with Gasteiger partial charge in [0.2, 0.25) is 0 Å². The van der Waals surface area contributed by atoms with Gasteiger partial charge in [-0.2, -0.15) is 0 Å². The molecule has 1 aromatic rings. The largest absolute Gasteiger partial charge is 0.477 e. The minimum absolute atomic E-state index is 0.267. The summed E-state index contributed by atoms with van der Waals surface area (Å²) in [4.78, 5) is 14.6. The van der Waals surface area contributed by atoms with Crippen molar-refractivity contribution in [3.8, 4) is 0 Å². The van der Waals surface area contributed by atoms with Crippen molar-refractivity contribution in [1.29, 1.82) is 0 Å². The summed E-state index contributed by atoms with van der Waals surface area (Å²) in [7, 11) is 0. The van der Waals surface area contributed by atoms with Crippen LogP contribution in [0.5, 0.6) is 0 Å². The minimum Gasteiger partial charge on any atom is -0.477 e. The van der Waals surface area contributed by atoms with Crippen LogP contribution >= 0.6 is 11.3 Å². The Morgan fingerprint density at radius 1 is 1.61 bits per heavy atom. The molecule has 0 bridgehead atoms. The lowest BCUT2D eigenvalue weighted by molar-refractivity contribution is 0.0259. The molecular weight excluding hydrogens is 250 g/mol. The normalized spacial score (nSPS) is 25.3. The molecule has 1 fully saturated rings. The summed E-state index contributed by atoms with van der Waals surface area (Å²) in [5.41, 5.74) is 1.07. The Kier molecular flexibility index (Phi) is 4.04. The van der Waals surface area contributed by atoms with E-state index in [-0.39, 0.29) is 6.10 Å². The van der Waals surface area contributed by atoms with Crippen molar-refractivity contribution >= 4 is 17.3 Å². The van der Waals surface area contributed by atoms with Gasteiger partial charge in [0.15, 0.2) is 0 Å². The molecule has 1 saturated heterocycles. The second-order valence-electron chi connectivity index (χ2n) is 5.07. The number of thiophene rings is 1. The second kappa shape index (κ2) is 5.38. The van der Waals surface area contributed by atoms with Crippen molar-refractivity contribution in [2.24, 2.45) is 5.92 Å². The van der Waals surface area contributed by atoms with Crippen LogP contribution in [0.25, 0.3) is 0 Å². The van der Waals surface area contributed by atoms with Gasteiger partial charge in [0.25, 0.3) is 0 Å². The number of aliphatic hydroxyl groups excluding tert-OH is 1. The molecule has 0 aliphatic carbocycles. The van der Waals surface area contributed by atoms with Gasteiger partial charge in [-0.1, -0.05) is 6.92 Å². The third-order valence-corrected chi connectivity index (χ3v) is 4.71. The third-order valence-electron chi connectivity index (χ3n) is 3.63. The first-order valence-corrected chi connectivity index (χ1v) is 7.02. The van der Waals surface area contributed by atoms with Gasteiger partial charge >= 0.3 is 5.97 Å². The van der Waals surface area contributed by atoms with Crippen LogP contribution in [0.3, 0.4) is 0 Å². The molecule has 2 heterocycles. The molecule has 2 atom stereocenters. The Morgan fingerprint density at radius 3 is 2.89 bits per heavy atom. The maximum absolute atomic E-state index is 10.9. The predicted molar refractivity (Wildman–Crippen MR) is 71.1 cm³/mol. The predicted octanol–water partition coefficient (Wildman–Crippen LogP) is 1.96. The van der Waals surface area contributed by atoms with Gasteiger partial charge in [-0.15, -0.1) is 11.3 Å². The van der Waals surface area contributed by atoms with Gasteiger partial charge in [0.05, 0.1) is 6.10 Å². The minimum atomic E-state index is -0.860. The van der Waals surface area contributed by atoms with Crippen LogP contribution < -0.4 is 0 Å². The molecule has 5 heteroatoms. The fourth-order valence-electron chi connectivity index (χ4n) is 2.28. The van der Waals surface area contributed by atoms with Gasteiger partial charge in [-0.05, 0) is 37.4 Å². The van der Waals surface area contributed by atoms with E-state index in [9.17, 15) is 9.90 Å². The SMILES string of the molecule is Cc1sc(C(=O)O)cc1CN1CCC(C)C(O)C1. The maximum atomic E-state index is 10.9. The average molecular weight is 269 g/mol. The van der Waals surface area contributed by atoms with Crippen LogP contribution in [0.1, 0.15) is 33.5 Å². The fraction of sp³-hybridized carbons (Fsp3) is 0.615. The van der Waals surface area contributed by atoms with E-state index in [1.54, 1.807) is 6.07 Å². The van der Waals surface area contributed by atoms with E-state index in [1.165, 1.54) is 11.3 Å². The van der Waals surface area contributed by atoms with Gasteiger partial charge in [0, 0.05) is 18.0 Å². The van der Waals surface area contributed by atoms with Crippen LogP contribution in [0.4, 0.5) is 0 Å². The number of aryl methyl sites for hydroxylation is 1. The number of hydrogen-bond acceptors (Lipinski definition) is 4. The summed E-state index contributed by atoms with van der Waals surface area (Å²) in [5.74, 6) is -0.499. The second-order valence-corrected chi connectivity index (χ2v) is 6.32. The van der Waals surface area contributed by atoms with Gasteiger partial charge < -0.3 is 10.2 Å². The van der Waals surface area contributed by atoms with E-state index in [4.69, 9.17) is 5.11 Å². The van der Waals surface area contributed by atoms with E-state index in [0.29, 0.717) is 17.3 Å². The van der Waals surface area contributed by atoms with Crippen LogP contribution in [0.15, 0.2) is 6.07 Å². The third kappa shape index (κ3) is 2.91. The standard InChI is InChI=1S/C13H19NO3S/c1-8-3-4-14(7-11(8)15)6-10-5-12(13(16)17)18-9(10)2/h5,8,11,15H,3-4,6-7H2,1-2H3,(H,16,17). The summed E-state index contributed by atoms with van der Waals surface area (Å²) < 4.78 is 0. The monoisotopic (exact) mass is 269 g/mol. The molecule has 1 aliphatic heterocycles. The van der Waals surface area contributed by atoms with E-state index >= 15 is 0 Å². The number of carboxylic acid groups (broad SMARTS) is 1. The molecule has 0 amide bonds. The molecule has 4 nitrogen and oxygen atoms in total. The van der Waals surface area contributed by atoms with E-state index in [1.807, 2.05) is 6.92 Å². The fourth-order valence-corrected chi connectivity index (χ4v) is 3.15. The smallest absolute Gasteiger partial charge is 0.345 e. The molecule has 0 aromatic carbocycles. The molecule has 100 valence electrons. The quantitative estimate of drug-likeness (QED) is 0.880. The number of β-amino-alcohol motifs (C(OH)–C–C–N with tert-alkyl or cyclic N) is 1. The summed E-state index contributed by atoms with van der Waals surface area (Å²) in [6.45, 7) is 6.41. The first-order chi connectivity index (χ1) is 8.47. The molecule has 2 N–H and O–H groups in total. The lowest BCUT2D eigenvalue weighted by Gasteiger charge is -2.34. The number of hydrogen-bond donors (Lipinski definition) is 2. The van der Waals surface area contributed by atoms with Crippen LogP contribution in [0.2, 0.25) is 0 Å². The number of carboxylic acids is 1. The number of aliphatic hydroxyl groups is 1. The highest BCUT2D eigenvalue weighted by Crippen LogP contribution is 2.25. The van der Waals surface area contributed by atoms with Crippen molar-refractivity contribution < 1.29 is 15.0 Å². The number of piperidine rings is 1. The molecular formula is C13H19NO3S. The average Bonchev–Trinajstić information content (AvgIpc) is 2.66. The lowest BCUT2D eigenvalue weighted by Crippen LogP contribution is -2.42. The Bertz CT molecular complexity index is 443. The van der Waals surface area contributed by atoms with Gasteiger partial charge in [-0.3, -0.25) is 4.90 Å². The Labute approximate surface area is 111 Å². The zero-order valence-electron chi connectivity index (χ0n) is 10.7. The molecule has 1 aromatic heterocycles. The summed E-state index contributed by atoms with van der Waals surface area (Å²) in [6, 6.07) is 1.76. The van der Waals surface area contributed by atoms with Crippen LogP contribution in [0, 0.1) is 12.8 Å². The van der Waals surface area contributed by atoms with E-state index < -0.39 is 5.97 Å².